The van der Waals surface area contributed by atoms with Crippen LogP contribution in [-0.4, -0.2) is 29.5 Å². The molecule has 0 spiro atoms. The number of nitrogens with one attached hydrogen (secondary N) is 1. The van der Waals surface area contributed by atoms with Crippen LogP contribution in [0.3, 0.4) is 0 Å². The molecule has 0 amide bonds. The lowest BCUT2D eigenvalue weighted by Crippen LogP contribution is -2.19. The molecule has 1 N–H and O–H groups in total. The van der Waals surface area contributed by atoms with Crippen LogP contribution in [0.2, 0.25) is 6.04 Å². The second-order valence-electron chi connectivity index (χ2n) is 3.91. The van der Waals surface area contributed by atoms with Crippen molar-refractivity contribution in [3.05, 3.63) is 35.9 Å². The van der Waals surface area contributed by atoms with Gasteiger partial charge >= 0.3 is 0 Å². The Morgan fingerprint density at radius 3 is 2.81 bits per heavy atom. The molecular weight excluding hydrogens is 214 g/mol. The lowest BCUT2D eigenvalue weighted by molar-refractivity contribution is 0.331. The highest BCUT2D eigenvalue weighted by atomic mass is 28.2. The number of likely N-dealkylation sites (N-methyl/N-ethyl adjacent to an activating group) is 1. The van der Waals surface area contributed by atoms with Crippen LogP contribution in [0.5, 0.6) is 0 Å². The van der Waals surface area contributed by atoms with E-state index < -0.39 is 0 Å². The topological polar surface area (TPSA) is 21.3 Å². The first-order valence-electron chi connectivity index (χ1n) is 6.26. The number of rotatable bonds is 9. The molecular formula is C13H23NOSi. The standard InChI is InChI=1S/C13H23NOSi/c1-2-14-10-11-15-16-12-6-9-13-7-4-3-5-8-13/h3-5,7-8,14H,2,6,9-12,16H2,1H3. The van der Waals surface area contributed by atoms with E-state index in [9.17, 15) is 0 Å². The molecule has 0 aromatic heterocycles. The van der Waals surface area contributed by atoms with E-state index in [0.29, 0.717) is 0 Å². The van der Waals surface area contributed by atoms with Crippen LogP contribution < -0.4 is 5.32 Å². The van der Waals surface area contributed by atoms with Crippen molar-refractivity contribution in [3.8, 4) is 0 Å². The Bertz CT molecular complexity index is 253. The van der Waals surface area contributed by atoms with Gasteiger partial charge in [0, 0.05) is 13.2 Å². The third-order valence-corrected chi connectivity index (χ3v) is 3.89. The quantitative estimate of drug-likeness (QED) is 0.522. The molecule has 0 unspecified atom stereocenters. The zero-order valence-electron chi connectivity index (χ0n) is 10.2. The first-order chi connectivity index (χ1) is 7.93. The van der Waals surface area contributed by atoms with E-state index in [1.807, 2.05) is 0 Å². The first kappa shape index (κ1) is 13.4. The Morgan fingerprint density at radius 2 is 2.06 bits per heavy atom. The summed E-state index contributed by atoms with van der Waals surface area (Å²) in [6, 6.07) is 12.0. The van der Waals surface area contributed by atoms with Gasteiger partial charge in [-0.25, -0.2) is 0 Å². The van der Waals surface area contributed by atoms with Crippen molar-refractivity contribution >= 4 is 9.76 Å². The summed E-state index contributed by atoms with van der Waals surface area (Å²) in [6.07, 6.45) is 2.47. The summed E-state index contributed by atoms with van der Waals surface area (Å²) in [4.78, 5) is 0. The van der Waals surface area contributed by atoms with Gasteiger partial charge in [0.15, 0.2) is 9.76 Å². The third-order valence-electron chi connectivity index (χ3n) is 2.52. The number of aryl methyl sites for hydroxylation is 1. The molecule has 0 radical (unpaired) electrons. The number of hydrogen-bond donors (Lipinski definition) is 1. The van der Waals surface area contributed by atoms with Crippen molar-refractivity contribution < 1.29 is 4.43 Å². The van der Waals surface area contributed by atoms with Crippen LogP contribution in [0.25, 0.3) is 0 Å². The Kier molecular flexibility index (Phi) is 8.03. The molecule has 0 heterocycles. The molecule has 0 aliphatic carbocycles. The van der Waals surface area contributed by atoms with Crippen molar-refractivity contribution in [2.45, 2.75) is 25.8 Å². The van der Waals surface area contributed by atoms with Crippen molar-refractivity contribution in [1.82, 2.24) is 5.32 Å². The SMILES string of the molecule is CCNCCO[SiH2]CCCc1ccccc1. The molecule has 0 aliphatic heterocycles. The summed E-state index contributed by atoms with van der Waals surface area (Å²) >= 11 is 0. The van der Waals surface area contributed by atoms with Gasteiger partial charge < -0.3 is 9.74 Å². The molecule has 1 aromatic carbocycles. The zero-order chi connectivity index (χ0) is 11.5. The Morgan fingerprint density at radius 1 is 1.25 bits per heavy atom. The van der Waals surface area contributed by atoms with Gasteiger partial charge in [-0.15, -0.1) is 0 Å². The normalized spacial score (nSPS) is 11.3. The van der Waals surface area contributed by atoms with Crippen molar-refractivity contribution in [2.75, 3.05) is 19.7 Å². The van der Waals surface area contributed by atoms with Crippen molar-refractivity contribution in [3.63, 3.8) is 0 Å². The minimum atomic E-state index is -0.273. The predicted octanol–water partition coefficient (Wildman–Crippen LogP) is 1.75. The smallest absolute Gasteiger partial charge is 0.161 e. The largest absolute Gasteiger partial charge is 0.423 e. The summed E-state index contributed by atoms with van der Waals surface area (Å²) in [5, 5.41) is 3.26. The third kappa shape index (κ3) is 6.77. The van der Waals surface area contributed by atoms with Gasteiger partial charge in [-0.05, 0) is 24.6 Å². The molecule has 1 rings (SSSR count). The average molecular weight is 237 g/mol. The lowest BCUT2D eigenvalue weighted by atomic mass is 10.1. The van der Waals surface area contributed by atoms with Gasteiger partial charge in [-0.3, -0.25) is 0 Å². The molecule has 0 saturated heterocycles. The molecule has 16 heavy (non-hydrogen) atoms. The van der Waals surface area contributed by atoms with Gasteiger partial charge in [0.2, 0.25) is 0 Å². The number of hydrogen-bond acceptors (Lipinski definition) is 2. The molecule has 2 nitrogen and oxygen atoms in total. The minimum Gasteiger partial charge on any atom is -0.423 e. The van der Waals surface area contributed by atoms with Gasteiger partial charge in [0.1, 0.15) is 0 Å². The van der Waals surface area contributed by atoms with E-state index in [-0.39, 0.29) is 9.76 Å². The molecule has 1 aromatic rings. The van der Waals surface area contributed by atoms with Crippen LogP contribution in [0, 0.1) is 0 Å². The van der Waals surface area contributed by atoms with Crippen LogP contribution in [-0.2, 0) is 10.8 Å². The molecule has 0 saturated carbocycles. The highest BCUT2D eigenvalue weighted by Crippen LogP contribution is 2.04. The maximum absolute atomic E-state index is 5.65. The molecule has 3 heteroatoms. The Labute approximate surface area is 101 Å². The second kappa shape index (κ2) is 9.57. The van der Waals surface area contributed by atoms with Crippen LogP contribution in [0.1, 0.15) is 18.9 Å². The van der Waals surface area contributed by atoms with Gasteiger partial charge in [-0.1, -0.05) is 43.7 Å². The van der Waals surface area contributed by atoms with E-state index in [0.717, 1.165) is 19.7 Å². The van der Waals surface area contributed by atoms with Crippen molar-refractivity contribution in [1.29, 1.82) is 0 Å². The Balaban J connectivity index is 1.89. The Hall–Kier alpha value is -0.643. The van der Waals surface area contributed by atoms with Gasteiger partial charge in [-0.2, -0.15) is 0 Å². The minimum absolute atomic E-state index is 0.273. The highest BCUT2D eigenvalue weighted by Gasteiger charge is 1.93. The fourth-order valence-corrected chi connectivity index (χ4v) is 2.61. The molecule has 0 bridgehead atoms. The molecule has 0 fully saturated rings. The maximum Gasteiger partial charge on any atom is 0.161 e. The monoisotopic (exact) mass is 237 g/mol. The summed E-state index contributed by atoms with van der Waals surface area (Å²) < 4.78 is 5.65. The fourth-order valence-electron chi connectivity index (χ4n) is 1.60. The van der Waals surface area contributed by atoms with E-state index in [1.165, 1.54) is 24.4 Å². The highest BCUT2D eigenvalue weighted by molar-refractivity contribution is 6.26. The average Bonchev–Trinajstić information content (AvgIpc) is 2.34. The fraction of sp³-hybridized carbons (Fsp3) is 0.538. The zero-order valence-corrected chi connectivity index (χ0v) is 11.7. The van der Waals surface area contributed by atoms with Crippen LogP contribution in [0.4, 0.5) is 0 Å². The van der Waals surface area contributed by atoms with E-state index >= 15 is 0 Å². The van der Waals surface area contributed by atoms with Crippen LogP contribution >= 0.6 is 0 Å². The summed E-state index contributed by atoms with van der Waals surface area (Å²) in [6.45, 7) is 5.06. The molecule has 0 aliphatic rings. The molecule has 0 atom stereocenters. The lowest BCUT2D eigenvalue weighted by Gasteiger charge is -2.04. The first-order valence-corrected chi connectivity index (χ1v) is 7.83. The maximum atomic E-state index is 5.65. The van der Waals surface area contributed by atoms with E-state index in [2.05, 4.69) is 42.6 Å². The number of benzene rings is 1. The summed E-state index contributed by atoms with van der Waals surface area (Å²) in [5.74, 6) is 0. The summed E-state index contributed by atoms with van der Waals surface area (Å²) in [5.41, 5.74) is 1.45. The van der Waals surface area contributed by atoms with Crippen LogP contribution in [0.15, 0.2) is 30.3 Å². The van der Waals surface area contributed by atoms with E-state index in [4.69, 9.17) is 4.43 Å². The summed E-state index contributed by atoms with van der Waals surface area (Å²) in [7, 11) is -0.273. The predicted molar refractivity (Wildman–Crippen MR) is 72.6 cm³/mol. The van der Waals surface area contributed by atoms with Crippen molar-refractivity contribution in [2.24, 2.45) is 0 Å². The van der Waals surface area contributed by atoms with E-state index in [1.54, 1.807) is 0 Å². The molecule has 90 valence electrons. The second-order valence-corrected chi connectivity index (χ2v) is 5.43. The van der Waals surface area contributed by atoms with Gasteiger partial charge in [0.25, 0.3) is 0 Å². The van der Waals surface area contributed by atoms with Gasteiger partial charge in [0.05, 0.1) is 0 Å².